The number of thiophene rings is 1. The second-order valence-corrected chi connectivity index (χ2v) is 34.1. The van der Waals surface area contributed by atoms with Crippen LogP contribution in [0.2, 0.25) is 0 Å². The summed E-state index contributed by atoms with van der Waals surface area (Å²) in [5, 5.41) is 100. The lowest BCUT2D eigenvalue weighted by Crippen LogP contribution is -2.63. The smallest absolute Gasteiger partial charge is 0.326 e. The molecule has 0 spiro atoms. The van der Waals surface area contributed by atoms with Crippen molar-refractivity contribution in [2.24, 2.45) is 34.6 Å². The number of aromatic hydroxyl groups is 1. The van der Waals surface area contributed by atoms with E-state index >= 15 is 14.4 Å². The summed E-state index contributed by atoms with van der Waals surface area (Å²) in [6.45, 7) is -2.03. The van der Waals surface area contributed by atoms with E-state index in [1.807, 2.05) is 0 Å². The van der Waals surface area contributed by atoms with Crippen LogP contribution in [0.15, 0.2) is 96.4 Å². The van der Waals surface area contributed by atoms with E-state index in [9.17, 15) is 78.0 Å². The molecule has 0 bridgehead atoms. The number of carboxylic acids is 1. The van der Waals surface area contributed by atoms with E-state index in [0.29, 0.717) is 34.4 Å². The summed E-state index contributed by atoms with van der Waals surface area (Å²) in [6, 6.07) is 6.82. The molecule has 4 aliphatic heterocycles. The Morgan fingerprint density at radius 1 is 0.492 bits per heavy atom. The molecule has 45 heteroatoms. The Morgan fingerprint density at radius 2 is 1.06 bits per heavy atom. The number of guanidine groups is 3. The zero-order valence-electron chi connectivity index (χ0n) is 72.3. The number of likely N-dealkylation sites (tertiary alicyclic amines) is 3. The van der Waals surface area contributed by atoms with Crippen LogP contribution in [0.3, 0.4) is 0 Å². The number of nitrogens with two attached hydrogens (primary N) is 5. The van der Waals surface area contributed by atoms with Gasteiger partial charge < -0.3 is 138 Å². The first-order valence-electron chi connectivity index (χ1n) is 43.4. The van der Waals surface area contributed by atoms with Crippen molar-refractivity contribution in [2.75, 3.05) is 59.0 Å². The summed E-state index contributed by atoms with van der Waals surface area (Å²) in [7, 11) is 0. The van der Waals surface area contributed by atoms with Crippen molar-refractivity contribution in [1.29, 1.82) is 16.2 Å². The number of carboxylic acid groups (broad SMARTS) is 1. The number of hydrogen-bond acceptors (Lipinski definition) is 24. The minimum Gasteiger partial charge on any atom is -0.508 e. The Labute approximate surface area is 754 Å². The van der Waals surface area contributed by atoms with Crippen LogP contribution in [0.5, 0.6) is 5.75 Å². The second kappa shape index (κ2) is 48.9. The molecule has 3 saturated heterocycles. The highest BCUT2D eigenvalue weighted by atomic mass is 32.1. The lowest BCUT2D eigenvalue weighted by atomic mass is 9.84. The first-order chi connectivity index (χ1) is 62.1. The molecule has 5 aliphatic rings. The average molecular weight is 1830 g/mol. The van der Waals surface area contributed by atoms with Gasteiger partial charge in [-0.15, -0.1) is 11.3 Å². The number of aliphatic hydroxyl groups excluding tert-OH is 2. The first-order valence-corrected chi connectivity index (χ1v) is 44.3. The van der Waals surface area contributed by atoms with Gasteiger partial charge in [-0.05, 0) is 136 Å². The minimum absolute atomic E-state index is 0.0219. The highest BCUT2D eigenvalue weighted by molar-refractivity contribution is 7.09. The Bertz CT molecular complexity index is 4690. The van der Waals surface area contributed by atoms with Crippen LogP contribution < -0.4 is 97.8 Å². The fourth-order valence-electron chi connectivity index (χ4n) is 16.8. The third-order valence-corrected chi connectivity index (χ3v) is 24.4. The summed E-state index contributed by atoms with van der Waals surface area (Å²) in [5.41, 5.74) is 31.6. The third kappa shape index (κ3) is 29.2. The Kier molecular flexibility index (Phi) is 37.8. The molecule has 9 rings (SSSR count). The van der Waals surface area contributed by atoms with Crippen molar-refractivity contribution in [3.05, 3.63) is 124 Å². The number of phenols is 1. The van der Waals surface area contributed by atoms with E-state index in [-0.39, 0.29) is 140 Å². The van der Waals surface area contributed by atoms with Crippen LogP contribution in [-0.4, -0.2) is 296 Å². The minimum atomic E-state index is -1.73. The van der Waals surface area contributed by atoms with Gasteiger partial charge in [-0.3, -0.25) is 83.4 Å². The number of phenolic OH excluding ortho intramolecular Hbond substituents is 1. The molecule has 7 unspecified atom stereocenters. The normalized spacial score (nSPS) is 20.0. The maximum Gasteiger partial charge on any atom is 0.326 e. The van der Waals surface area contributed by atoms with Gasteiger partial charge >= 0.3 is 5.97 Å². The molecule has 5 heterocycles. The predicted molar refractivity (Wildman–Crippen MR) is 473 cm³/mol. The van der Waals surface area contributed by atoms with Crippen LogP contribution >= 0.6 is 11.3 Å². The molecular formula is C85H121N25O19S. The number of aliphatic carboxylic acids is 1. The summed E-state index contributed by atoms with van der Waals surface area (Å²) >= 11 is 1.23. The van der Waals surface area contributed by atoms with Crippen molar-refractivity contribution in [3.63, 3.8) is 0 Å². The van der Waals surface area contributed by atoms with Gasteiger partial charge in [-0.1, -0.05) is 85.6 Å². The molecule has 130 heavy (non-hydrogen) atoms. The number of amides is 14. The topological polar surface area (TPSA) is 708 Å². The number of nitrogens with one attached hydrogen (secondary N) is 16. The lowest BCUT2D eigenvalue weighted by Gasteiger charge is -2.42. The van der Waals surface area contributed by atoms with E-state index < -0.39 is 224 Å². The van der Waals surface area contributed by atoms with E-state index in [0.717, 1.165) is 23.3 Å². The molecule has 1 aromatic heterocycles. The van der Waals surface area contributed by atoms with Gasteiger partial charge in [-0.2, -0.15) is 0 Å². The fourth-order valence-corrected chi connectivity index (χ4v) is 17.5. The molecule has 0 radical (unpaired) electrons. The van der Waals surface area contributed by atoms with Crippen LogP contribution in [0.1, 0.15) is 124 Å². The first kappa shape index (κ1) is 101. The molecule has 3 aromatic carbocycles. The molecule has 4 aromatic rings. The lowest BCUT2D eigenvalue weighted by molar-refractivity contribution is -0.153. The summed E-state index contributed by atoms with van der Waals surface area (Å²) in [5.74, 6) is -14.0. The predicted octanol–water partition coefficient (Wildman–Crippen LogP) is -6.17. The van der Waals surface area contributed by atoms with E-state index in [2.05, 4.69) is 69.1 Å². The third-order valence-electron chi connectivity index (χ3n) is 23.5. The summed E-state index contributed by atoms with van der Waals surface area (Å²) in [4.78, 5) is 218. The Balaban J connectivity index is 0.826. The largest absolute Gasteiger partial charge is 0.508 e. The number of nitrogens with zero attached hydrogens (tertiary/aromatic N) is 4. The monoisotopic (exact) mass is 1830 g/mol. The van der Waals surface area contributed by atoms with Crippen LogP contribution in [0.4, 0.5) is 0 Å². The molecule has 16 atom stereocenters. The maximum absolute atomic E-state index is 15.5. The van der Waals surface area contributed by atoms with Crippen LogP contribution in [-0.2, 0) is 104 Å². The number of benzene rings is 3. The molecule has 706 valence electrons. The van der Waals surface area contributed by atoms with Gasteiger partial charge in [0.2, 0.25) is 82.7 Å². The van der Waals surface area contributed by atoms with Crippen LogP contribution in [0.25, 0.3) is 0 Å². The molecule has 14 amide bonds. The molecule has 30 N–H and O–H groups in total. The van der Waals surface area contributed by atoms with Gasteiger partial charge in [0.1, 0.15) is 78.3 Å². The van der Waals surface area contributed by atoms with Crippen molar-refractivity contribution in [3.8, 4) is 5.75 Å². The van der Waals surface area contributed by atoms with E-state index in [4.69, 9.17) is 44.9 Å². The van der Waals surface area contributed by atoms with Crippen molar-refractivity contribution >= 4 is 118 Å². The molecule has 44 nitrogen and oxygen atoms in total. The number of β-amino-alcohol motifs (C(OH)–C–C–N with tert-alkyl or cyclic N) is 1. The number of aliphatic hydroxyl groups is 2. The van der Waals surface area contributed by atoms with E-state index in [1.165, 1.54) is 45.1 Å². The maximum atomic E-state index is 15.5. The summed E-state index contributed by atoms with van der Waals surface area (Å²) in [6.07, 6.45) is 1.54. The van der Waals surface area contributed by atoms with Crippen molar-refractivity contribution < 1.29 is 92.3 Å². The number of hydrogen-bond donors (Lipinski definition) is 25. The molecule has 1 saturated carbocycles. The number of carbonyl (C=O) groups is 15. The standard InChI is InChI=1S/C85H121N25O19S/c1-46(100-71(117)55(86)34-48-25-27-52(112)28-26-48)70(116)98-41-68(114)101-60(35-47-14-3-2-4-15-47)73(119)97-40-56(87)72(118)103-57(20-9-29-94-83(88)89)74(120)104-58(21-10-30-95-84(90)91)78(124)107-32-12-24-64(107)80(126)109-44-53(113)38-65(109)76(122)99-42-69(115)102-61(39-54-19-13-33-130-54)75(121)106-62(45-111)79(125)108-43-51-18-6-5-16-49(51)36-67(108)81(127)110-63-23-8-7-17-50(63)37-66(110)77(123)105-59(82(128)129)22-11-31-96-85(92)93/h2-6,13-16,18-19,25-28,33,46,50,53,55-67,111-113H,7-12,17,20-24,29-32,34-45,86-87H2,1H3,(H,97,119)(H,98,116)(H,99,122)(H,100,117)(H,101,114)(H,102,115)(H,103,118)(H,104,120)(H,105,123)(H,106,121)(H,128,129)(H4,88,89,94)(H4,90,91,95)(H4,92,93,96)/t46-,50?,53?,55+,56?,57-,58+,59+,60+,61?,62+,63?,64+,65?,66?,67-/m1/s1. The van der Waals surface area contributed by atoms with Gasteiger partial charge in [0.05, 0.1) is 31.8 Å². The second-order valence-electron chi connectivity index (χ2n) is 33.1. The zero-order valence-corrected chi connectivity index (χ0v) is 73.1. The van der Waals surface area contributed by atoms with Crippen molar-refractivity contribution in [2.45, 2.75) is 220 Å². The summed E-state index contributed by atoms with van der Waals surface area (Å²) < 4.78 is 0. The van der Waals surface area contributed by atoms with Gasteiger partial charge in [0.15, 0.2) is 17.9 Å². The highest BCUT2D eigenvalue weighted by Gasteiger charge is 2.52. The van der Waals surface area contributed by atoms with Gasteiger partial charge in [0.25, 0.3) is 0 Å². The molecule has 1 aliphatic carbocycles. The number of carbonyl (C=O) groups excluding carboxylic acids is 14. The van der Waals surface area contributed by atoms with Crippen molar-refractivity contribution in [1.82, 2.24) is 88.7 Å². The number of rotatable bonds is 45. The average Bonchev–Trinajstić information content (AvgIpc) is 1.59. The van der Waals surface area contributed by atoms with Crippen LogP contribution in [0, 0.1) is 22.1 Å². The molecular weight excluding hydrogens is 1710 g/mol. The SMILES string of the molecule is C[C@@H](NC(=O)[C@@H](N)Cc1ccc(O)cc1)C(=O)NCC(=O)N[C@@H](Cc1ccccc1)C(=O)NCC(N)C(=O)N[C@H](CCCNC(=N)N)C(=O)N[C@@H](CCCNC(=N)N)C(=O)N1CCC[C@H]1C(=O)N1CC(O)CC1C(=O)NCC(=O)NC(Cc1cccs1)C(=O)N[C@@H](CO)C(=O)N1Cc2ccccc2C[C@@H]1C(=O)N1C(C(=O)N[C@@H](CCCNC(=N)N)C(=O)O)CC2CCCCC21. The van der Waals surface area contributed by atoms with Gasteiger partial charge in [0, 0.05) is 82.4 Å². The quantitative estimate of drug-likeness (QED) is 0.0111. The Hall–Kier alpha value is -13.1. The zero-order chi connectivity index (χ0) is 94.4. The highest BCUT2D eigenvalue weighted by Crippen LogP contribution is 2.42. The fraction of sp³-hybridized carbons (Fsp3) is 0.529. The number of fused-ring (bicyclic) bond motifs is 2. The Morgan fingerprint density at radius 3 is 1.69 bits per heavy atom. The van der Waals surface area contributed by atoms with E-state index in [1.54, 1.807) is 84.2 Å². The molecule has 4 fully saturated rings. The van der Waals surface area contributed by atoms with Gasteiger partial charge in [-0.25, -0.2) is 4.79 Å².